The Morgan fingerprint density at radius 3 is 2.50 bits per heavy atom. The Bertz CT molecular complexity index is 765. The van der Waals surface area contributed by atoms with Crippen molar-refractivity contribution in [2.24, 2.45) is 0 Å². The van der Waals surface area contributed by atoms with E-state index in [1.165, 1.54) is 5.69 Å². The van der Waals surface area contributed by atoms with Gasteiger partial charge in [-0.25, -0.2) is 4.98 Å². The maximum absolute atomic E-state index is 5.99. The fourth-order valence-corrected chi connectivity index (χ4v) is 3.39. The molecule has 3 aromatic rings. The summed E-state index contributed by atoms with van der Waals surface area (Å²) >= 11 is 7.55. The second-order valence-corrected chi connectivity index (χ2v) is 6.06. The zero-order chi connectivity index (χ0) is 15.5. The number of anilines is 3. The number of thiophene rings is 1. The van der Waals surface area contributed by atoms with E-state index in [9.17, 15) is 0 Å². The molecule has 0 bridgehead atoms. The molecule has 0 fully saturated rings. The van der Waals surface area contributed by atoms with Crippen molar-refractivity contribution in [3.8, 4) is 0 Å². The van der Waals surface area contributed by atoms with Crippen molar-refractivity contribution in [1.82, 2.24) is 9.97 Å². The molecule has 2 aromatic heterocycles. The zero-order valence-electron chi connectivity index (χ0n) is 12.5. The second kappa shape index (κ2) is 6.50. The van der Waals surface area contributed by atoms with Crippen LogP contribution in [0.3, 0.4) is 0 Å². The zero-order valence-corrected chi connectivity index (χ0v) is 14.1. The summed E-state index contributed by atoms with van der Waals surface area (Å²) in [6.45, 7) is 6.32. The lowest BCUT2D eigenvalue weighted by atomic mass is 10.2. The van der Waals surface area contributed by atoms with Crippen LogP contribution in [0.4, 0.5) is 17.2 Å². The minimum absolute atomic E-state index is 0.261. The fourth-order valence-electron chi connectivity index (χ4n) is 2.41. The molecule has 0 unspecified atom stereocenters. The van der Waals surface area contributed by atoms with Gasteiger partial charge in [0.15, 0.2) is 0 Å². The topological polar surface area (TPSA) is 41.0 Å². The number of nitrogens with zero attached hydrogens (tertiary/aromatic N) is 3. The molecule has 0 atom stereocenters. The summed E-state index contributed by atoms with van der Waals surface area (Å²) in [6, 6.07) is 10.3. The summed E-state index contributed by atoms with van der Waals surface area (Å²) in [4.78, 5) is 11.7. The van der Waals surface area contributed by atoms with Gasteiger partial charge in [0.1, 0.15) is 10.6 Å². The van der Waals surface area contributed by atoms with Crippen LogP contribution in [-0.4, -0.2) is 23.1 Å². The van der Waals surface area contributed by atoms with Gasteiger partial charge in [-0.05, 0) is 61.2 Å². The van der Waals surface area contributed by atoms with Crippen LogP contribution in [0.25, 0.3) is 10.2 Å². The molecule has 1 aromatic carbocycles. The van der Waals surface area contributed by atoms with Crippen LogP contribution in [0.1, 0.15) is 13.8 Å². The number of hydrogen-bond donors (Lipinski definition) is 1. The molecule has 0 aliphatic rings. The SMILES string of the molecule is CCN(CC)c1ccc(Nc2nc(Cl)nc3sccc23)cc1. The van der Waals surface area contributed by atoms with E-state index in [1.54, 1.807) is 11.3 Å². The number of aromatic nitrogens is 2. The molecular formula is C16H17ClN4S. The summed E-state index contributed by atoms with van der Waals surface area (Å²) in [5, 5.41) is 6.57. The predicted octanol–water partition coefficient (Wildman–Crippen LogP) is 4.93. The van der Waals surface area contributed by atoms with E-state index in [0.29, 0.717) is 0 Å². The smallest absolute Gasteiger partial charge is 0.225 e. The lowest BCUT2D eigenvalue weighted by molar-refractivity contribution is 0.866. The summed E-state index contributed by atoms with van der Waals surface area (Å²) in [5.74, 6) is 0.742. The van der Waals surface area contributed by atoms with Crippen molar-refractivity contribution in [2.45, 2.75) is 13.8 Å². The van der Waals surface area contributed by atoms with E-state index >= 15 is 0 Å². The number of benzene rings is 1. The highest BCUT2D eigenvalue weighted by Gasteiger charge is 2.08. The van der Waals surface area contributed by atoms with Crippen LogP contribution < -0.4 is 10.2 Å². The maximum Gasteiger partial charge on any atom is 0.225 e. The van der Waals surface area contributed by atoms with Gasteiger partial charge in [0.2, 0.25) is 5.28 Å². The van der Waals surface area contributed by atoms with Crippen LogP contribution in [-0.2, 0) is 0 Å². The van der Waals surface area contributed by atoms with Crippen molar-refractivity contribution >= 4 is 50.3 Å². The molecule has 22 heavy (non-hydrogen) atoms. The third kappa shape index (κ3) is 3.00. The Balaban J connectivity index is 1.87. The van der Waals surface area contributed by atoms with Crippen molar-refractivity contribution in [3.05, 3.63) is 41.0 Å². The summed E-state index contributed by atoms with van der Waals surface area (Å²) in [7, 11) is 0. The molecule has 6 heteroatoms. The first-order valence-electron chi connectivity index (χ1n) is 7.24. The van der Waals surface area contributed by atoms with Gasteiger partial charge >= 0.3 is 0 Å². The van der Waals surface area contributed by atoms with Gasteiger partial charge < -0.3 is 10.2 Å². The average Bonchev–Trinajstić information content (AvgIpc) is 2.98. The van der Waals surface area contributed by atoms with Crippen molar-refractivity contribution in [3.63, 3.8) is 0 Å². The lowest BCUT2D eigenvalue weighted by Gasteiger charge is -2.21. The standard InChI is InChI=1S/C16H17ClN4S/c1-3-21(4-2)12-7-5-11(6-8-12)18-14-13-9-10-22-15(13)20-16(17)19-14/h5-10H,3-4H2,1-2H3,(H,18,19,20). The first-order chi connectivity index (χ1) is 10.7. The number of halogens is 1. The van der Waals surface area contributed by atoms with Gasteiger partial charge in [-0.2, -0.15) is 4.98 Å². The predicted molar refractivity (Wildman–Crippen MR) is 95.7 cm³/mol. The molecule has 0 radical (unpaired) electrons. The number of hydrogen-bond acceptors (Lipinski definition) is 5. The number of rotatable bonds is 5. The Morgan fingerprint density at radius 1 is 1.09 bits per heavy atom. The third-order valence-corrected chi connectivity index (χ3v) is 4.53. The molecule has 0 saturated heterocycles. The van der Waals surface area contributed by atoms with E-state index in [2.05, 4.69) is 58.3 Å². The highest BCUT2D eigenvalue weighted by atomic mass is 35.5. The van der Waals surface area contributed by atoms with Gasteiger partial charge in [0.05, 0.1) is 5.39 Å². The maximum atomic E-state index is 5.99. The lowest BCUT2D eigenvalue weighted by Crippen LogP contribution is -2.21. The Hall–Kier alpha value is -1.85. The average molecular weight is 333 g/mol. The minimum Gasteiger partial charge on any atom is -0.372 e. The Kier molecular flexibility index (Phi) is 4.45. The Morgan fingerprint density at radius 2 is 1.82 bits per heavy atom. The molecule has 0 amide bonds. The second-order valence-electron chi connectivity index (χ2n) is 4.82. The fraction of sp³-hybridized carbons (Fsp3) is 0.250. The summed E-state index contributed by atoms with van der Waals surface area (Å²) < 4.78 is 0. The van der Waals surface area contributed by atoms with Gasteiger partial charge in [-0.15, -0.1) is 11.3 Å². The number of fused-ring (bicyclic) bond motifs is 1. The molecular weight excluding hydrogens is 316 g/mol. The molecule has 4 nitrogen and oxygen atoms in total. The third-order valence-electron chi connectivity index (χ3n) is 3.56. The summed E-state index contributed by atoms with van der Waals surface area (Å²) in [5.41, 5.74) is 2.20. The van der Waals surface area contributed by atoms with Gasteiger partial charge in [0.25, 0.3) is 0 Å². The largest absolute Gasteiger partial charge is 0.372 e. The quantitative estimate of drug-likeness (QED) is 0.672. The van der Waals surface area contributed by atoms with E-state index in [0.717, 1.165) is 34.8 Å². The van der Waals surface area contributed by atoms with Gasteiger partial charge in [-0.1, -0.05) is 0 Å². The van der Waals surface area contributed by atoms with E-state index < -0.39 is 0 Å². The van der Waals surface area contributed by atoms with Gasteiger partial charge in [0, 0.05) is 24.5 Å². The molecule has 0 aliphatic heterocycles. The molecule has 0 spiro atoms. The van der Waals surface area contributed by atoms with Crippen LogP contribution in [0.2, 0.25) is 5.28 Å². The Labute approximate surface area is 138 Å². The minimum atomic E-state index is 0.261. The monoisotopic (exact) mass is 332 g/mol. The van der Waals surface area contributed by atoms with E-state index in [-0.39, 0.29) is 5.28 Å². The summed E-state index contributed by atoms with van der Waals surface area (Å²) in [6.07, 6.45) is 0. The number of nitrogens with one attached hydrogen (secondary N) is 1. The molecule has 3 rings (SSSR count). The van der Waals surface area contributed by atoms with E-state index in [4.69, 9.17) is 11.6 Å². The normalized spacial score (nSPS) is 10.9. The molecule has 114 valence electrons. The molecule has 1 N–H and O–H groups in total. The molecule has 0 aliphatic carbocycles. The van der Waals surface area contributed by atoms with Gasteiger partial charge in [-0.3, -0.25) is 0 Å². The molecule has 2 heterocycles. The van der Waals surface area contributed by atoms with Crippen LogP contribution >= 0.6 is 22.9 Å². The highest BCUT2D eigenvalue weighted by Crippen LogP contribution is 2.29. The first kappa shape index (κ1) is 15.1. The van der Waals surface area contributed by atoms with Crippen molar-refractivity contribution in [2.75, 3.05) is 23.3 Å². The van der Waals surface area contributed by atoms with Crippen LogP contribution in [0, 0.1) is 0 Å². The van der Waals surface area contributed by atoms with E-state index in [1.807, 2.05) is 11.4 Å². The highest BCUT2D eigenvalue weighted by molar-refractivity contribution is 7.16. The van der Waals surface area contributed by atoms with Crippen LogP contribution in [0.15, 0.2) is 35.7 Å². The van der Waals surface area contributed by atoms with Crippen molar-refractivity contribution in [1.29, 1.82) is 0 Å². The molecule has 0 saturated carbocycles. The first-order valence-corrected chi connectivity index (χ1v) is 8.49. The van der Waals surface area contributed by atoms with Crippen molar-refractivity contribution < 1.29 is 0 Å². The van der Waals surface area contributed by atoms with Crippen LogP contribution in [0.5, 0.6) is 0 Å².